The summed E-state index contributed by atoms with van der Waals surface area (Å²) in [5.41, 5.74) is 1.40. The van der Waals surface area contributed by atoms with Crippen LogP contribution in [0.15, 0.2) is 48.5 Å². The van der Waals surface area contributed by atoms with Gasteiger partial charge in [-0.1, -0.05) is 31.4 Å². The minimum atomic E-state index is -0.480. The number of hydrogen-bond acceptors (Lipinski definition) is 4. The molecule has 0 unspecified atom stereocenters. The first-order valence-electron chi connectivity index (χ1n) is 10.9. The predicted octanol–water partition coefficient (Wildman–Crippen LogP) is 4.87. The summed E-state index contributed by atoms with van der Waals surface area (Å²) in [6.45, 7) is 1.69. The quantitative estimate of drug-likeness (QED) is 0.600. The van der Waals surface area contributed by atoms with E-state index in [4.69, 9.17) is 9.47 Å². The van der Waals surface area contributed by atoms with Crippen molar-refractivity contribution in [3.05, 3.63) is 54.1 Å². The molecule has 2 aromatic carbocycles. The second-order valence-corrected chi connectivity index (χ2v) is 8.36. The molecule has 0 bridgehead atoms. The van der Waals surface area contributed by atoms with Gasteiger partial charge < -0.3 is 19.7 Å². The summed E-state index contributed by atoms with van der Waals surface area (Å²) in [6, 6.07) is 15.7. The van der Waals surface area contributed by atoms with Gasteiger partial charge in [0.2, 0.25) is 5.91 Å². The van der Waals surface area contributed by atoms with Crippen LogP contribution in [-0.4, -0.2) is 45.2 Å². The van der Waals surface area contributed by atoms with Crippen LogP contribution in [0.5, 0.6) is 11.5 Å². The lowest BCUT2D eigenvalue weighted by molar-refractivity contribution is -0.122. The lowest BCUT2D eigenvalue weighted by Gasteiger charge is -2.36. The van der Waals surface area contributed by atoms with E-state index in [0.717, 1.165) is 61.4 Å². The van der Waals surface area contributed by atoms with Crippen molar-refractivity contribution < 1.29 is 14.3 Å². The van der Waals surface area contributed by atoms with Gasteiger partial charge in [0.25, 0.3) is 0 Å². The average Bonchev–Trinajstić information content (AvgIpc) is 2.78. The molecule has 162 valence electrons. The highest BCUT2D eigenvalue weighted by Gasteiger charge is 2.41. The fourth-order valence-corrected chi connectivity index (χ4v) is 4.17. The van der Waals surface area contributed by atoms with Crippen LogP contribution in [0.4, 0.5) is 5.69 Å². The van der Waals surface area contributed by atoms with E-state index >= 15 is 0 Å². The second kappa shape index (κ2) is 10.5. The van der Waals surface area contributed by atoms with Gasteiger partial charge in [-0.05, 0) is 75.3 Å². The highest BCUT2D eigenvalue weighted by molar-refractivity contribution is 5.99. The summed E-state index contributed by atoms with van der Waals surface area (Å²) < 4.78 is 11.1. The molecule has 1 aliphatic rings. The summed E-state index contributed by atoms with van der Waals surface area (Å²) in [5.74, 6) is 1.72. The maximum absolute atomic E-state index is 13.4. The topological polar surface area (TPSA) is 50.8 Å². The average molecular weight is 411 g/mol. The molecular formula is C25H34N2O3. The predicted molar refractivity (Wildman–Crippen MR) is 121 cm³/mol. The zero-order valence-corrected chi connectivity index (χ0v) is 18.4. The zero-order valence-electron chi connectivity index (χ0n) is 18.4. The number of anilines is 1. The van der Waals surface area contributed by atoms with Crippen LogP contribution in [0.25, 0.3) is 0 Å². The van der Waals surface area contributed by atoms with E-state index in [0.29, 0.717) is 6.61 Å². The van der Waals surface area contributed by atoms with E-state index in [1.54, 1.807) is 7.11 Å². The van der Waals surface area contributed by atoms with Crippen molar-refractivity contribution >= 4 is 11.6 Å². The van der Waals surface area contributed by atoms with E-state index in [-0.39, 0.29) is 5.91 Å². The number of hydrogen-bond donors (Lipinski definition) is 1. The van der Waals surface area contributed by atoms with Crippen molar-refractivity contribution in [3.63, 3.8) is 0 Å². The largest absolute Gasteiger partial charge is 0.497 e. The van der Waals surface area contributed by atoms with Crippen LogP contribution in [0.2, 0.25) is 0 Å². The number of rotatable bonds is 9. The molecule has 1 amide bonds. The first-order chi connectivity index (χ1) is 14.5. The number of benzene rings is 2. The monoisotopic (exact) mass is 410 g/mol. The smallest absolute Gasteiger partial charge is 0.235 e. The van der Waals surface area contributed by atoms with Gasteiger partial charge in [0, 0.05) is 12.2 Å². The molecule has 0 saturated heterocycles. The molecular weight excluding hydrogens is 376 g/mol. The van der Waals surface area contributed by atoms with Gasteiger partial charge in [-0.15, -0.1) is 0 Å². The Morgan fingerprint density at radius 3 is 2.20 bits per heavy atom. The third-order valence-corrected chi connectivity index (χ3v) is 5.91. The van der Waals surface area contributed by atoms with E-state index in [2.05, 4.69) is 24.3 Å². The first-order valence-corrected chi connectivity index (χ1v) is 10.9. The summed E-state index contributed by atoms with van der Waals surface area (Å²) in [4.78, 5) is 15.6. The molecule has 3 rings (SSSR count). The van der Waals surface area contributed by atoms with Crippen molar-refractivity contribution in [2.45, 2.75) is 43.9 Å². The molecule has 0 aliphatic heterocycles. The van der Waals surface area contributed by atoms with E-state index in [1.165, 1.54) is 6.42 Å². The normalized spacial score (nSPS) is 15.6. The van der Waals surface area contributed by atoms with Crippen molar-refractivity contribution in [1.29, 1.82) is 0 Å². The Morgan fingerprint density at radius 1 is 0.967 bits per heavy atom. The number of carbonyl (C=O) groups excluding carboxylic acids is 1. The Balaban J connectivity index is 1.67. The first kappa shape index (κ1) is 22.2. The molecule has 5 nitrogen and oxygen atoms in total. The van der Waals surface area contributed by atoms with Crippen molar-refractivity contribution in [2.24, 2.45) is 0 Å². The van der Waals surface area contributed by atoms with Gasteiger partial charge in [-0.3, -0.25) is 4.79 Å². The van der Waals surface area contributed by atoms with Crippen molar-refractivity contribution in [2.75, 3.05) is 39.7 Å². The minimum absolute atomic E-state index is 0.0759. The lowest BCUT2D eigenvalue weighted by Crippen LogP contribution is -2.42. The van der Waals surface area contributed by atoms with Crippen LogP contribution in [0, 0.1) is 0 Å². The van der Waals surface area contributed by atoms with Crippen LogP contribution >= 0.6 is 0 Å². The van der Waals surface area contributed by atoms with Gasteiger partial charge >= 0.3 is 0 Å². The third-order valence-electron chi connectivity index (χ3n) is 5.91. The highest BCUT2D eigenvalue weighted by atomic mass is 16.5. The SMILES string of the molecule is COc1ccc(C2(C(=O)Nc3ccc(OCCCN(C)C)cc3)CCCCC2)cc1. The highest BCUT2D eigenvalue weighted by Crippen LogP contribution is 2.41. The Labute approximate surface area is 180 Å². The fraction of sp³-hybridized carbons (Fsp3) is 0.480. The Kier molecular flexibility index (Phi) is 7.75. The molecule has 1 N–H and O–H groups in total. The van der Waals surface area contributed by atoms with Crippen LogP contribution in [0.3, 0.4) is 0 Å². The maximum atomic E-state index is 13.4. The van der Waals surface area contributed by atoms with Gasteiger partial charge in [-0.2, -0.15) is 0 Å². The summed E-state index contributed by atoms with van der Waals surface area (Å²) in [5, 5.41) is 3.16. The number of ether oxygens (including phenoxy) is 2. The van der Waals surface area contributed by atoms with Crippen molar-refractivity contribution in [3.8, 4) is 11.5 Å². The summed E-state index contributed by atoms with van der Waals surface area (Å²) in [6.07, 6.45) is 6.05. The fourth-order valence-electron chi connectivity index (χ4n) is 4.17. The molecule has 1 aliphatic carbocycles. The van der Waals surface area contributed by atoms with E-state index in [9.17, 15) is 4.79 Å². The molecule has 1 saturated carbocycles. The molecule has 1 fully saturated rings. The van der Waals surface area contributed by atoms with Gasteiger partial charge in [0.1, 0.15) is 11.5 Å². The number of nitrogens with one attached hydrogen (secondary N) is 1. The Hall–Kier alpha value is -2.53. The summed E-state index contributed by atoms with van der Waals surface area (Å²) >= 11 is 0. The Bertz CT molecular complexity index is 794. The molecule has 0 atom stereocenters. The standard InChI is InChI=1S/C25H34N2O3/c1-27(2)18-7-19-30-23-14-10-21(11-15-23)26-24(28)25(16-5-4-6-17-25)20-8-12-22(29-3)13-9-20/h8-15H,4-7,16-19H2,1-3H3,(H,26,28). The molecule has 5 heteroatoms. The number of nitrogens with zero attached hydrogens (tertiary/aromatic N) is 1. The zero-order chi connectivity index (χ0) is 21.4. The van der Waals surface area contributed by atoms with Gasteiger partial charge in [-0.25, -0.2) is 0 Å². The van der Waals surface area contributed by atoms with Gasteiger partial charge in [0.15, 0.2) is 0 Å². The Morgan fingerprint density at radius 2 is 1.60 bits per heavy atom. The molecule has 30 heavy (non-hydrogen) atoms. The third kappa shape index (κ3) is 5.54. The van der Waals surface area contributed by atoms with E-state index < -0.39 is 5.41 Å². The van der Waals surface area contributed by atoms with Gasteiger partial charge in [0.05, 0.1) is 19.1 Å². The summed E-state index contributed by atoms with van der Waals surface area (Å²) in [7, 11) is 5.78. The maximum Gasteiger partial charge on any atom is 0.235 e. The minimum Gasteiger partial charge on any atom is -0.497 e. The van der Waals surface area contributed by atoms with Crippen LogP contribution < -0.4 is 14.8 Å². The number of carbonyl (C=O) groups is 1. The number of methoxy groups -OCH3 is 1. The number of amides is 1. The van der Waals surface area contributed by atoms with Crippen LogP contribution in [-0.2, 0) is 10.2 Å². The van der Waals surface area contributed by atoms with E-state index in [1.807, 2.05) is 48.5 Å². The molecule has 0 aromatic heterocycles. The molecule has 0 radical (unpaired) electrons. The molecule has 0 spiro atoms. The molecule has 2 aromatic rings. The lowest BCUT2D eigenvalue weighted by atomic mass is 9.68. The second-order valence-electron chi connectivity index (χ2n) is 8.36. The van der Waals surface area contributed by atoms with Crippen LogP contribution in [0.1, 0.15) is 44.1 Å². The molecule has 0 heterocycles. The van der Waals surface area contributed by atoms with Crippen molar-refractivity contribution in [1.82, 2.24) is 4.90 Å².